The van der Waals surface area contributed by atoms with Crippen molar-refractivity contribution < 1.29 is 5.11 Å². The second-order valence-electron chi connectivity index (χ2n) is 4.95. The van der Waals surface area contributed by atoms with Crippen molar-refractivity contribution in [2.75, 3.05) is 6.61 Å². The van der Waals surface area contributed by atoms with Gasteiger partial charge in [-0.2, -0.15) is 0 Å². The molecule has 1 fully saturated rings. The smallest absolute Gasteiger partial charge is 0.0613 e. The van der Waals surface area contributed by atoms with E-state index in [0.29, 0.717) is 5.92 Å². The minimum absolute atomic E-state index is 0.123. The maximum Gasteiger partial charge on any atom is 0.0613 e. The highest BCUT2D eigenvalue weighted by Gasteiger charge is 2.40. The Morgan fingerprint density at radius 2 is 2.31 bits per heavy atom. The molecule has 1 heterocycles. The molecule has 1 aliphatic rings. The molecule has 1 unspecified atom stereocenters. The van der Waals surface area contributed by atoms with Crippen LogP contribution in [0.2, 0.25) is 0 Å². The highest BCUT2D eigenvalue weighted by atomic mass is 16.3. The minimum Gasteiger partial charge on any atom is -0.394 e. The predicted molar refractivity (Wildman–Crippen MR) is 64.0 cm³/mol. The van der Waals surface area contributed by atoms with Crippen molar-refractivity contribution in [1.82, 2.24) is 10.3 Å². The number of aromatic nitrogens is 1. The highest BCUT2D eigenvalue weighted by Crippen LogP contribution is 2.39. The zero-order valence-corrected chi connectivity index (χ0v) is 10.0. The Morgan fingerprint density at radius 1 is 1.56 bits per heavy atom. The molecule has 0 radical (unpaired) electrons. The maximum atomic E-state index is 9.46. The second kappa shape index (κ2) is 4.52. The summed E-state index contributed by atoms with van der Waals surface area (Å²) in [6.07, 6.45) is 4.27. The first kappa shape index (κ1) is 11.6. The number of hydrogen-bond acceptors (Lipinski definition) is 3. The molecule has 3 heteroatoms. The first-order valence-corrected chi connectivity index (χ1v) is 5.92. The van der Waals surface area contributed by atoms with Crippen molar-refractivity contribution >= 4 is 0 Å². The molecule has 1 aromatic heterocycles. The average molecular weight is 220 g/mol. The lowest BCUT2D eigenvalue weighted by atomic mass is 9.96. The van der Waals surface area contributed by atoms with E-state index in [9.17, 15) is 5.11 Å². The monoisotopic (exact) mass is 220 g/mol. The third-order valence-corrected chi connectivity index (χ3v) is 3.61. The molecule has 16 heavy (non-hydrogen) atoms. The van der Waals surface area contributed by atoms with E-state index in [2.05, 4.69) is 23.3 Å². The van der Waals surface area contributed by atoms with Gasteiger partial charge in [-0.15, -0.1) is 0 Å². The number of aliphatic hydroxyl groups is 1. The fourth-order valence-corrected chi connectivity index (χ4v) is 2.05. The fraction of sp³-hybridized carbons (Fsp3) is 0.615. The second-order valence-corrected chi connectivity index (χ2v) is 4.95. The fourth-order valence-electron chi connectivity index (χ4n) is 2.05. The normalized spacial score (nSPS) is 19.4. The number of aryl methyl sites for hydroxylation is 1. The van der Waals surface area contributed by atoms with Crippen LogP contribution in [0, 0.1) is 12.8 Å². The average Bonchev–Trinajstić information content (AvgIpc) is 3.12. The lowest BCUT2D eigenvalue weighted by Gasteiger charge is -2.29. The van der Waals surface area contributed by atoms with E-state index < -0.39 is 0 Å². The van der Waals surface area contributed by atoms with E-state index in [4.69, 9.17) is 0 Å². The van der Waals surface area contributed by atoms with Crippen LogP contribution >= 0.6 is 0 Å². The summed E-state index contributed by atoms with van der Waals surface area (Å²) in [6, 6.07) is 4.04. The van der Waals surface area contributed by atoms with E-state index in [1.165, 1.54) is 18.4 Å². The summed E-state index contributed by atoms with van der Waals surface area (Å²) in [7, 11) is 0. The van der Waals surface area contributed by atoms with Gasteiger partial charge < -0.3 is 10.4 Å². The quantitative estimate of drug-likeness (QED) is 0.793. The topological polar surface area (TPSA) is 45.2 Å². The van der Waals surface area contributed by atoms with Gasteiger partial charge in [0.2, 0.25) is 0 Å². The van der Waals surface area contributed by atoms with Crippen molar-refractivity contribution in [2.45, 2.75) is 38.8 Å². The van der Waals surface area contributed by atoms with E-state index in [1.54, 1.807) is 0 Å². The summed E-state index contributed by atoms with van der Waals surface area (Å²) in [6.45, 7) is 5.12. The lowest BCUT2D eigenvalue weighted by molar-refractivity contribution is 0.153. The molecule has 0 aliphatic heterocycles. The molecule has 1 aliphatic carbocycles. The van der Waals surface area contributed by atoms with Gasteiger partial charge in [0.15, 0.2) is 0 Å². The Hall–Kier alpha value is -0.930. The summed E-state index contributed by atoms with van der Waals surface area (Å²) in [5, 5.41) is 12.9. The molecular formula is C13H20N2O. The summed E-state index contributed by atoms with van der Waals surface area (Å²) in [5.41, 5.74) is 2.15. The van der Waals surface area contributed by atoms with Gasteiger partial charge in [-0.1, -0.05) is 6.07 Å². The van der Waals surface area contributed by atoms with Crippen molar-refractivity contribution in [2.24, 2.45) is 5.92 Å². The van der Waals surface area contributed by atoms with Gasteiger partial charge in [-0.05, 0) is 44.2 Å². The van der Waals surface area contributed by atoms with Crippen LogP contribution in [0.5, 0.6) is 0 Å². The summed E-state index contributed by atoms with van der Waals surface area (Å²) in [5.74, 6) is 0.634. The van der Waals surface area contributed by atoms with Crippen LogP contribution in [-0.4, -0.2) is 22.2 Å². The first-order chi connectivity index (χ1) is 7.65. The summed E-state index contributed by atoms with van der Waals surface area (Å²) < 4.78 is 0. The Morgan fingerprint density at radius 3 is 2.88 bits per heavy atom. The number of pyridine rings is 1. The van der Waals surface area contributed by atoms with Crippen molar-refractivity contribution in [3.8, 4) is 0 Å². The van der Waals surface area contributed by atoms with E-state index >= 15 is 0 Å². The predicted octanol–water partition coefficient (Wildman–Crippen LogP) is 1.64. The molecular weight excluding hydrogens is 200 g/mol. The standard InChI is InChI=1S/C13H20N2O/c1-10-11(4-3-7-14-10)8-15-13(2,9-16)12-5-6-12/h3-4,7,12,15-16H,5-6,8-9H2,1-2H3. The number of aliphatic hydroxyl groups excluding tert-OH is 1. The minimum atomic E-state index is -0.123. The van der Waals surface area contributed by atoms with Gasteiger partial charge in [-0.3, -0.25) is 4.98 Å². The van der Waals surface area contributed by atoms with Crippen molar-refractivity contribution in [3.05, 3.63) is 29.6 Å². The molecule has 1 aromatic rings. The number of nitrogens with one attached hydrogen (secondary N) is 1. The Balaban J connectivity index is 1.98. The van der Waals surface area contributed by atoms with Crippen LogP contribution in [0.4, 0.5) is 0 Å². The highest BCUT2D eigenvalue weighted by molar-refractivity contribution is 5.18. The lowest BCUT2D eigenvalue weighted by Crippen LogP contribution is -2.47. The zero-order chi connectivity index (χ0) is 11.6. The van der Waals surface area contributed by atoms with E-state index in [-0.39, 0.29) is 12.1 Å². The number of rotatable bonds is 5. The van der Waals surface area contributed by atoms with Crippen LogP contribution in [0.1, 0.15) is 31.0 Å². The maximum absolute atomic E-state index is 9.46. The molecule has 1 saturated carbocycles. The van der Waals surface area contributed by atoms with E-state index in [0.717, 1.165) is 12.2 Å². The molecule has 0 aromatic carbocycles. The van der Waals surface area contributed by atoms with Gasteiger partial charge in [0.05, 0.1) is 6.61 Å². The van der Waals surface area contributed by atoms with Gasteiger partial charge in [0, 0.05) is 24.0 Å². The molecule has 0 saturated heterocycles. The van der Waals surface area contributed by atoms with Gasteiger partial charge in [0.1, 0.15) is 0 Å². The molecule has 2 rings (SSSR count). The molecule has 0 bridgehead atoms. The van der Waals surface area contributed by atoms with E-state index in [1.807, 2.05) is 19.2 Å². The molecule has 88 valence electrons. The van der Waals surface area contributed by atoms with Gasteiger partial charge in [-0.25, -0.2) is 0 Å². The third kappa shape index (κ3) is 2.42. The van der Waals surface area contributed by atoms with Crippen LogP contribution in [0.15, 0.2) is 18.3 Å². The molecule has 0 amide bonds. The van der Waals surface area contributed by atoms with Crippen LogP contribution in [-0.2, 0) is 6.54 Å². The first-order valence-electron chi connectivity index (χ1n) is 5.92. The molecule has 0 spiro atoms. The van der Waals surface area contributed by atoms with Crippen LogP contribution in [0.3, 0.4) is 0 Å². The number of nitrogens with zero attached hydrogens (tertiary/aromatic N) is 1. The van der Waals surface area contributed by atoms with Crippen LogP contribution in [0.25, 0.3) is 0 Å². The summed E-state index contributed by atoms with van der Waals surface area (Å²) in [4.78, 5) is 4.26. The van der Waals surface area contributed by atoms with Gasteiger partial charge >= 0.3 is 0 Å². The molecule has 2 N–H and O–H groups in total. The van der Waals surface area contributed by atoms with Gasteiger partial charge in [0.25, 0.3) is 0 Å². The molecule has 3 nitrogen and oxygen atoms in total. The zero-order valence-electron chi connectivity index (χ0n) is 10.0. The Kier molecular flexibility index (Phi) is 3.26. The third-order valence-electron chi connectivity index (χ3n) is 3.61. The van der Waals surface area contributed by atoms with Crippen molar-refractivity contribution in [3.63, 3.8) is 0 Å². The Labute approximate surface area is 96.9 Å². The Bertz CT molecular complexity index is 363. The van der Waals surface area contributed by atoms with Crippen LogP contribution < -0.4 is 5.32 Å². The molecule has 1 atom stereocenters. The largest absolute Gasteiger partial charge is 0.394 e. The number of hydrogen-bond donors (Lipinski definition) is 2. The van der Waals surface area contributed by atoms with Crippen molar-refractivity contribution in [1.29, 1.82) is 0 Å². The SMILES string of the molecule is Cc1ncccc1CNC(C)(CO)C1CC1. The summed E-state index contributed by atoms with van der Waals surface area (Å²) >= 11 is 0.